The second kappa shape index (κ2) is 7.44. The summed E-state index contributed by atoms with van der Waals surface area (Å²) in [5, 5.41) is 7.23. The van der Waals surface area contributed by atoms with Crippen molar-refractivity contribution < 1.29 is 9.18 Å². The van der Waals surface area contributed by atoms with Crippen LogP contribution in [-0.4, -0.2) is 20.7 Å². The van der Waals surface area contributed by atoms with Gasteiger partial charge in [-0.15, -0.1) is 0 Å². The second-order valence-corrected chi connectivity index (χ2v) is 6.35. The molecular formula is C22H17FN4O. The van der Waals surface area contributed by atoms with Gasteiger partial charge in [0.25, 0.3) is 5.91 Å². The molecular weight excluding hydrogens is 355 g/mol. The maximum Gasteiger partial charge on any atom is 0.259 e. The molecule has 0 aliphatic heterocycles. The minimum Gasteiger partial charge on any atom is -0.319 e. The minimum atomic E-state index is -0.489. The zero-order chi connectivity index (χ0) is 19.5. The maximum absolute atomic E-state index is 14.1. The molecule has 28 heavy (non-hydrogen) atoms. The van der Waals surface area contributed by atoms with Crippen molar-refractivity contribution in [3.05, 3.63) is 96.2 Å². The highest BCUT2D eigenvalue weighted by atomic mass is 19.1. The number of aryl methyl sites for hydroxylation is 1. The minimum absolute atomic E-state index is 0.134. The third-order valence-electron chi connectivity index (χ3n) is 4.28. The Labute approximate surface area is 161 Å². The Bertz CT molecular complexity index is 1120. The number of para-hydroxylation sites is 1. The maximum atomic E-state index is 14.1. The summed E-state index contributed by atoms with van der Waals surface area (Å²) in [5.41, 5.74) is 3.31. The molecule has 0 saturated carbocycles. The Kier molecular flexibility index (Phi) is 4.68. The van der Waals surface area contributed by atoms with E-state index in [1.165, 1.54) is 6.07 Å². The average Bonchev–Trinajstić information content (AvgIpc) is 3.18. The lowest BCUT2D eigenvalue weighted by atomic mass is 10.1. The van der Waals surface area contributed by atoms with Gasteiger partial charge in [0.15, 0.2) is 0 Å². The van der Waals surface area contributed by atoms with Crippen molar-refractivity contribution in [3.8, 4) is 16.9 Å². The number of pyridine rings is 1. The average molecular weight is 372 g/mol. The first-order chi connectivity index (χ1) is 13.6. The van der Waals surface area contributed by atoms with Crippen molar-refractivity contribution >= 4 is 11.6 Å². The molecule has 138 valence electrons. The van der Waals surface area contributed by atoms with E-state index in [0.29, 0.717) is 16.8 Å². The molecule has 0 fully saturated rings. The highest BCUT2D eigenvalue weighted by Crippen LogP contribution is 2.25. The van der Waals surface area contributed by atoms with Gasteiger partial charge in [0.05, 0.1) is 16.9 Å². The molecule has 0 saturated heterocycles. The van der Waals surface area contributed by atoms with Gasteiger partial charge in [0, 0.05) is 24.2 Å². The Hall–Kier alpha value is -3.80. The third-order valence-corrected chi connectivity index (χ3v) is 4.28. The van der Waals surface area contributed by atoms with Crippen LogP contribution in [-0.2, 0) is 0 Å². The largest absolute Gasteiger partial charge is 0.319 e. The fraction of sp³-hybridized carbons (Fsp3) is 0.0455. The first kappa shape index (κ1) is 17.6. The highest BCUT2D eigenvalue weighted by Gasteiger charge is 2.20. The van der Waals surface area contributed by atoms with Crippen LogP contribution >= 0.6 is 0 Å². The number of anilines is 1. The molecule has 4 aromatic rings. The number of benzene rings is 2. The molecule has 1 N–H and O–H groups in total. The zero-order valence-corrected chi connectivity index (χ0v) is 15.1. The number of nitrogens with zero attached hydrogens (tertiary/aromatic N) is 3. The van der Waals surface area contributed by atoms with Crippen LogP contribution in [0.1, 0.15) is 15.9 Å². The summed E-state index contributed by atoms with van der Waals surface area (Å²) in [7, 11) is 0. The van der Waals surface area contributed by atoms with Gasteiger partial charge < -0.3 is 5.32 Å². The van der Waals surface area contributed by atoms with Crippen molar-refractivity contribution in [2.75, 3.05) is 5.32 Å². The molecule has 2 heterocycles. The quantitative estimate of drug-likeness (QED) is 0.568. The Morgan fingerprint density at radius 3 is 2.64 bits per heavy atom. The highest BCUT2D eigenvalue weighted by molar-refractivity contribution is 6.08. The van der Waals surface area contributed by atoms with Crippen molar-refractivity contribution in [2.24, 2.45) is 0 Å². The summed E-state index contributed by atoms with van der Waals surface area (Å²) in [6.45, 7) is 1.84. The van der Waals surface area contributed by atoms with E-state index in [-0.39, 0.29) is 5.69 Å². The monoisotopic (exact) mass is 372 g/mol. The molecule has 0 unspecified atom stereocenters. The van der Waals surface area contributed by atoms with Gasteiger partial charge in [-0.2, -0.15) is 5.10 Å². The van der Waals surface area contributed by atoms with Gasteiger partial charge in [-0.05, 0) is 48.9 Å². The van der Waals surface area contributed by atoms with Crippen LogP contribution in [0.3, 0.4) is 0 Å². The van der Waals surface area contributed by atoms with E-state index in [4.69, 9.17) is 0 Å². The second-order valence-electron chi connectivity index (χ2n) is 6.35. The summed E-state index contributed by atoms with van der Waals surface area (Å²) >= 11 is 0. The molecule has 0 aliphatic carbocycles. The number of rotatable bonds is 4. The number of hydrogen-bond donors (Lipinski definition) is 1. The van der Waals surface area contributed by atoms with Crippen molar-refractivity contribution in [2.45, 2.75) is 6.92 Å². The van der Waals surface area contributed by atoms with Crippen molar-refractivity contribution in [3.63, 3.8) is 0 Å². The van der Waals surface area contributed by atoms with Crippen LogP contribution < -0.4 is 5.32 Å². The number of carbonyl (C=O) groups excluding carboxylic acids is 1. The smallest absolute Gasteiger partial charge is 0.259 e. The summed E-state index contributed by atoms with van der Waals surface area (Å²) in [6.07, 6.45) is 4.93. The van der Waals surface area contributed by atoms with E-state index in [0.717, 1.165) is 11.3 Å². The number of nitrogens with one attached hydrogen (secondary N) is 1. The van der Waals surface area contributed by atoms with E-state index < -0.39 is 11.7 Å². The van der Waals surface area contributed by atoms with Crippen LogP contribution in [0.25, 0.3) is 16.9 Å². The number of halogens is 1. The van der Waals surface area contributed by atoms with E-state index in [1.54, 1.807) is 41.5 Å². The Balaban J connectivity index is 1.77. The number of aromatic nitrogens is 3. The lowest BCUT2D eigenvalue weighted by Crippen LogP contribution is -2.13. The van der Waals surface area contributed by atoms with E-state index in [9.17, 15) is 9.18 Å². The van der Waals surface area contributed by atoms with E-state index >= 15 is 0 Å². The standard InChI is InChI=1S/C22H17FN4O/c1-15-9-10-19(23)20(12-15)25-22(28)18-14-27(17-7-3-2-4-8-17)26-21(18)16-6-5-11-24-13-16/h2-14H,1H3,(H,25,28). The van der Waals surface area contributed by atoms with Crippen LogP contribution in [0.2, 0.25) is 0 Å². The third kappa shape index (κ3) is 3.53. The predicted octanol–water partition coefficient (Wildman–Crippen LogP) is 4.63. The van der Waals surface area contributed by atoms with Crippen LogP contribution in [0, 0.1) is 12.7 Å². The molecule has 0 radical (unpaired) electrons. The molecule has 0 aliphatic rings. The van der Waals surface area contributed by atoms with E-state index in [2.05, 4.69) is 15.4 Å². The van der Waals surface area contributed by atoms with Crippen molar-refractivity contribution in [1.82, 2.24) is 14.8 Å². The van der Waals surface area contributed by atoms with Crippen molar-refractivity contribution in [1.29, 1.82) is 0 Å². The van der Waals surface area contributed by atoms with Gasteiger partial charge in [-0.1, -0.05) is 24.3 Å². The van der Waals surface area contributed by atoms with E-state index in [1.807, 2.05) is 43.3 Å². The van der Waals surface area contributed by atoms with Gasteiger partial charge in [-0.25, -0.2) is 9.07 Å². The molecule has 0 spiro atoms. The number of amides is 1. The van der Waals surface area contributed by atoms with Gasteiger partial charge in [0.2, 0.25) is 0 Å². The fourth-order valence-electron chi connectivity index (χ4n) is 2.89. The normalized spacial score (nSPS) is 10.6. The molecule has 2 aromatic heterocycles. The fourth-order valence-corrected chi connectivity index (χ4v) is 2.89. The Morgan fingerprint density at radius 1 is 1.07 bits per heavy atom. The summed E-state index contributed by atoms with van der Waals surface area (Å²) in [4.78, 5) is 17.1. The molecule has 1 amide bonds. The summed E-state index contributed by atoms with van der Waals surface area (Å²) in [5.74, 6) is -0.928. The zero-order valence-electron chi connectivity index (χ0n) is 15.1. The van der Waals surface area contributed by atoms with Crippen LogP contribution in [0.15, 0.2) is 79.3 Å². The SMILES string of the molecule is Cc1ccc(F)c(NC(=O)c2cn(-c3ccccc3)nc2-c2cccnc2)c1. The lowest BCUT2D eigenvalue weighted by molar-refractivity contribution is 0.102. The lowest BCUT2D eigenvalue weighted by Gasteiger charge is -2.07. The van der Waals surface area contributed by atoms with Crippen LogP contribution in [0.5, 0.6) is 0 Å². The molecule has 0 bridgehead atoms. The molecule has 4 rings (SSSR count). The van der Waals surface area contributed by atoms with Gasteiger partial charge >= 0.3 is 0 Å². The van der Waals surface area contributed by atoms with Crippen LogP contribution in [0.4, 0.5) is 10.1 Å². The molecule has 5 nitrogen and oxygen atoms in total. The molecule has 2 aromatic carbocycles. The first-order valence-electron chi connectivity index (χ1n) is 8.75. The van der Waals surface area contributed by atoms with Gasteiger partial charge in [-0.3, -0.25) is 9.78 Å². The topological polar surface area (TPSA) is 59.8 Å². The summed E-state index contributed by atoms with van der Waals surface area (Å²) < 4.78 is 15.7. The Morgan fingerprint density at radius 2 is 1.89 bits per heavy atom. The molecule has 0 atom stereocenters. The number of carbonyl (C=O) groups is 1. The number of hydrogen-bond acceptors (Lipinski definition) is 3. The van der Waals surface area contributed by atoms with Gasteiger partial charge in [0.1, 0.15) is 11.5 Å². The first-order valence-corrected chi connectivity index (χ1v) is 8.75. The summed E-state index contributed by atoms with van der Waals surface area (Å²) in [6, 6.07) is 17.7. The predicted molar refractivity (Wildman–Crippen MR) is 106 cm³/mol. The molecule has 6 heteroatoms.